The summed E-state index contributed by atoms with van der Waals surface area (Å²) in [6.07, 6.45) is 3.95. The van der Waals surface area contributed by atoms with E-state index in [4.69, 9.17) is 11.6 Å². The third-order valence-electron chi connectivity index (χ3n) is 8.26. The Bertz CT molecular complexity index is 1700. The number of carbonyl (C=O) groups excluding carboxylic acids is 3. The predicted octanol–water partition coefficient (Wildman–Crippen LogP) is 5.95. The lowest BCUT2D eigenvalue weighted by molar-refractivity contribution is -0.122. The maximum Gasteiger partial charge on any atom is 0.247 e. The van der Waals surface area contributed by atoms with Crippen molar-refractivity contribution in [2.75, 3.05) is 15.5 Å². The molecule has 4 atom stereocenters. The van der Waals surface area contributed by atoms with Gasteiger partial charge in [-0.05, 0) is 47.5 Å². The van der Waals surface area contributed by atoms with E-state index in [1.54, 1.807) is 48.5 Å². The molecule has 3 heterocycles. The SMILES string of the molecule is O=C(Nc1ccc(Cl)cc1)[C@H]1[C@H](C(=O)c2ccccc2)[C@@]2(C(=O)Nc3ccccc32)[C@H]2C=Cc3ccccc3N12. The molecule has 0 unspecified atom stereocenters. The Kier molecular flexibility index (Phi) is 5.61. The second-order valence-corrected chi connectivity index (χ2v) is 10.7. The second-order valence-electron chi connectivity index (χ2n) is 10.3. The fourth-order valence-electron chi connectivity index (χ4n) is 6.65. The lowest BCUT2D eigenvalue weighted by atomic mass is 9.64. The van der Waals surface area contributed by atoms with Crippen LogP contribution in [-0.4, -0.2) is 29.7 Å². The highest BCUT2D eigenvalue weighted by atomic mass is 35.5. The van der Waals surface area contributed by atoms with Crippen LogP contribution in [0.2, 0.25) is 5.02 Å². The number of fused-ring (bicyclic) bond motifs is 6. The number of ketones is 1. The van der Waals surface area contributed by atoms with Gasteiger partial charge in [0.2, 0.25) is 11.8 Å². The number of amides is 2. The average molecular weight is 546 g/mol. The monoisotopic (exact) mass is 545 g/mol. The van der Waals surface area contributed by atoms with E-state index in [0.29, 0.717) is 22.0 Å². The van der Waals surface area contributed by atoms with Crippen LogP contribution in [0.5, 0.6) is 0 Å². The number of hydrogen-bond donors (Lipinski definition) is 2. The van der Waals surface area contributed by atoms with Gasteiger partial charge in [-0.25, -0.2) is 0 Å². The first-order valence-electron chi connectivity index (χ1n) is 13.1. The Morgan fingerprint density at radius 2 is 1.55 bits per heavy atom. The summed E-state index contributed by atoms with van der Waals surface area (Å²) in [5.41, 5.74) is 2.75. The quantitative estimate of drug-likeness (QED) is 0.311. The molecule has 7 heteroatoms. The minimum atomic E-state index is -1.34. The normalized spacial score (nSPS) is 23.8. The summed E-state index contributed by atoms with van der Waals surface area (Å²) >= 11 is 6.08. The van der Waals surface area contributed by atoms with Crippen LogP contribution in [0.15, 0.2) is 109 Å². The summed E-state index contributed by atoms with van der Waals surface area (Å²) < 4.78 is 0. The van der Waals surface area contributed by atoms with Crippen molar-refractivity contribution in [2.45, 2.75) is 17.5 Å². The molecule has 40 heavy (non-hydrogen) atoms. The number of benzene rings is 4. The van der Waals surface area contributed by atoms with Gasteiger partial charge in [0.05, 0.1) is 12.0 Å². The van der Waals surface area contributed by atoms with E-state index in [1.165, 1.54) is 0 Å². The first-order chi connectivity index (χ1) is 19.5. The molecule has 0 aromatic heterocycles. The molecule has 2 N–H and O–H groups in total. The molecule has 3 aliphatic rings. The zero-order valence-electron chi connectivity index (χ0n) is 21.3. The van der Waals surface area contributed by atoms with E-state index in [9.17, 15) is 14.4 Å². The number of nitrogens with one attached hydrogen (secondary N) is 2. The molecule has 1 saturated heterocycles. The highest BCUT2D eigenvalue weighted by molar-refractivity contribution is 6.30. The lowest BCUT2D eigenvalue weighted by Gasteiger charge is -2.37. The minimum absolute atomic E-state index is 0.260. The largest absolute Gasteiger partial charge is 0.350 e. The number of para-hydroxylation sites is 2. The smallest absolute Gasteiger partial charge is 0.247 e. The molecule has 0 saturated carbocycles. The molecule has 7 rings (SSSR count). The van der Waals surface area contributed by atoms with Crippen molar-refractivity contribution in [1.82, 2.24) is 0 Å². The van der Waals surface area contributed by atoms with Gasteiger partial charge in [-0.3, -0.25) is 14.4 Å². The second kappa shape index (κ2) is 9.21. The van der Waals surface area contributed by atoms with E-state index in [2.05, 4.69) is 10.6 Å². The van der Waals surface area contributed by atoms with Crippen LogP contribution in [0.4, 0.5) is 17.1 Å². The fraction of sp³-hybridized carbons (Fsp3) is 0.121. The number of rotatable bonds is 4. The van der Waals surface area contributed by atoms with Gasteiger partial charge in [0.1, 0.15) is 11.5 Å². The standard InChI is InChI=1S/C33H24ClN3O3/c34-22-15-17-23(18-16-22)35-31(39)29-28(30(38)21-9-2-1-3-10-21)33(24-11-5-6-12-25(24)36-32(33)40)27-19-14-20-8-4-7-13-26(20)37(27)29/h1-19,27-29H,(H,35,39)(H,36,40)/t27-,28-,29-,33+/m1/s1. The highest BCUT2D eigenvalue weighted by Crippen LogP contribution is 2.57. The van der Waals surface area contributed by atoms with Crippen molar-refractivity contribution in [3.05, 3.63) is 131 Å². The van der Waals surface area contributed by atoms with E-state index in [0.717, 1.165) is 16.8 Å². The molecule has 0 aliphatic carbocycles. The van der Waals surface area contributed by atoms with Gasteiger partial charge in [0.25, 0.3) is 0 Å². The zero-order chi connectivity index (χ0) is 27.4. The van der Waals surface area contributed by atoms with Crippen LogP contribution < -0.4 is 15.5 Å². The molecule has 1 fully saturated rings. The van der Waals surface area contributed by atoms with E-state index in [1.807, 2.05) is 71.6 Å². The molecular formula is C33H24ClN3O3. The van der Waals surface area contributed by atoms with Crippen LogP contribution in [0.1, 0.15) is 21.5 Å². The van der Waals surface area contributed by atoms with Gasteiger partial charge < -0.3 is 15.5 Å². The van der Waals surface area contributed by atoms with E-state index < -0.39 is 23.4 Å². The van der Waals surface area contributed by atoms with Gasteiger partial charge in [-0.15, -0.1) is 0 Å². The summed E-state index contributed by atoms with van der Waals surface area (Å²) in [5, 5.41) is 6.60. The number of nitrogens with zero attached hydrogens (tertiary/aromatic N) is 1. The third kappa shape index (κ3) is 3.46. The van der Waals surface area contributed by atoms with Crippen molar-refractivity contribution in [3.63, 3.8) is 0 Å². The van der Waals surface area contributed by atoms with Crippen molar-refractivity contribution in [2.24, 2.45) is 5.92 Å². The van der Waals surface area contributed by atoms with Gasteiger partial charge in [0.15, 0.2) is 5.78 Å². The van der Waals surface area contributed by atoms with Crippen LogP contribution in [0, 0.1) is 5.92 Å². The molecule has 4 aromatic carbocycles. The fourth-order valence-corrected chi connectivity index (χ4v) is 6.78. The average Bonchev–Trinajstić information content (AvgIpc) is 3.47. The molecule has 0 bridgehead atoms. The molecular weight excluding hydrogens is 522 g/mol. The molecule has 4 aromatic rings. The van der Waals surface area contributed by atoms with Gasteiger partial charge in [-0.2, -0.15) is 0 Å². The Morgan fingerprint density at radius 1 is 0.850 bits per heavy atom. The molecule has 6 nitrogen and oxygen atoms in total. The minimum Gasteiger partial charge on any atom is -0.350 e. The number of anilines is 3. The van der Waals surface area contributed by atoms with E-state index >= 15 is 0 Å². The van der Waals surface area contributed by atoms with Crippen molar-refractivity contribution in [3.8, 4) is 0 Å². The molecule has 0 radical (unpaired) electrons. The number of hydrogen-bond acceptors (Lipinski definition) is 4. The number of halogens is 1. The first kappa shape index (κ1) is 24.4. The van der Waals surface area contributed by atoms with Crippen molar-refractivity contribution >= 4 is 52.3 Å². The molecule has 3 aliphatic heterocycles. The topological polar surface area (TPSA) is 78.5 Å². The Hall–Kier alpha value is -4.68. The van der Waals surface area contributed by atoms with Crippen LogP contribution in [-0.2, 0) is 15.0 Å². The van der Waals surface area contributed by atoms with Crippen LogP contribution >= 0.6 is 11.6 Å². The Morgan fingerprint density at radius 3 is 2.35 bits per heavy atom. The summed E-state index contributed by atoms with van der Waals surface area (Å²) in [4.78, 5) is 45.2. The highest BCUT2D eigenvalue weighted by Gasteiger charge is 2.70. The van der Waals surface area contributed by atoms with Gasteiger partial charge in [0, 0.05) is 27.6 Å². The van der Waals surface area contributed by atoms with Crippen LogP contribution in [0.3, 0.4) is 0 Å². The maximum absolute atomic E-state index is 14.6. The first-order valence-corrected chi connectivity index (χ1v) is 13.5. The summed E-state index contributed by atoms with van der Waals surface area (Å²) in [6.45, 7) is 0. The van der Waals surface area contributed by atoms with Crippen molar-refractivity contribution in [1.29, 1.82) is 0 Å². The molecule has 1 spiro atoms. The molecule has 196 valence electrons. The Balaban J connectivity index is 1.48. The number of Topliss-reactive ketones (excluding diaryl/α,β-unsaturated/α-hetero) is 1. The summed E-state index contributed by atoms with van der Waals surface area (Å²) in [5.74, 6) is -1.94. The van der Waals surface area contributed by atoms with Crippen molar-refractivity contribution < 1.29 is 14.4 Å². The summed E-state index contributed by atoms with van der Waals surface area (Å²) in [6, 6.07) is 29.4. The maximum atomic E-state index is 14.6. The van der Waals surface area contributed by atoms with Gasteiger partial charge >= 0.3 is 0 Å². The summed E-state index contributed by atoms with van der Waals surface area (Å²) in [7, 11) is 0. The van der Waals surface area contributed by atoms with Crippen LogP contribution in [0.25, 0.3) is 6.08 Å². The number of carbonyl (C=O) groups is 3. The Labute approximate surface area is 236 Å². The third-order valence-corrected chi connectivity index (χ3v) is 8.52. The molecule has 2 amide bonds. The van der Waals surface area contributed by atoms with Gasteiger partial charge in [-0.1, -0.05) is 90.5 Å². The predicted molar refractivity (Wildman–Crippen MR) is 157 cm³/mol. The lowest BCUT2D eigenvalue weighted by Crippen LogP contribution is -2.51. The zero-order valence-corrected chi connectivity index (χ0v) is 22.0. The van der Waals surface area contributed by atoms with E-state index in [-0.39, 0.29) is 17.6 Å².